The van der Waals surface area contributed by atoms with Crippen molar-refractivity contribution in [2.75, 3.05) is 0 Å². The molecule has 0 saturated heterocycles. The smallest absolute Gasteiger partial charge is 0.119 e. The van der Waals surface area contributed by atoms with Crippen LogP contribution in [0.25, 0.3) is 0 Å². The molecule has 13 heavy (non-hydrogen) atoms. The van der Waals surface area contributed by atoms with Crippen molar-refractivity contribution < 1.29 is 5.11 Å². The Balaban J connectivity index is 0.000000845. The molecule has 3 N–H and O–H groups in total. The van der Waals surface area contributed by atoms with Gasteiger partial charge in [-0.1, -0.05) is 12.1 Å². The molecule has 0 aliphatic heterocycles. The summed E-state index contributed by atoms with van der Waals surface area (Å²) in [6.07, 6.45) is 3.10. The third-order valence-corrected chi connectivity index (χ3v) is 2.53. The average Bonchev–Trinajstić information content (AvgIpc) is 2.07. The Kier molecular flexibility index (Phi) is 3.17. The van der Waals surface area contributed by atoms with E-state index in [9.17, 15) is 5.11 Å². The minimum Gasteiger partial charge on any atom is -0.508 e. The van der Waals surface area contributed by atoms with Gasteiger partial charge in [0, 0.05) is 6.04 Å². The average molecular weight is 200 g/mol. The summed E-state index contributed by atoms with van der Waals surface area (Å²) < 4.78 is 0. The van der Waals surface area contributed by atoms with Crippen LogP contribution in [0.2, 0.25) is 0 Å². The molecule has 2 nitrogen and oxygen atoms in total. The van der Waals surface area contributed by atoms with Gasteiger partial charge in [-0.3, -0.25) is 0 Å². The highest BCUT2D eigenvalue weighted by molar-refractivity contribution is 5.85. The van der Waals surface area contributed by atoms with Crippen LogP contribution in [0.1, 0.15) is 30.0 Å². The molecule has 0 amide bonds. The maximum Gasteiger partial charge on any atom is 0.119 e. The predicted molar refractivity (Wildman–Crippen MR) is 55.2 cm³/mol. The maximum absolute atomic E-state index is 9.52. The zero-order valence-electron chi connectivity index (χ0n) is 7.36. The van der Waals surface area contributed by atoms with Crippen LogP contribution in [0.15, 0.2) is 18.2 Å². The van der Waals surface area contributed by atoms with E-state index in [4.69, 9.17) is 5.73 Å². The number of halogens is 1. The molecule has 0 heterocycles. The molecule has 0 aromatic heterocycles. The first-order valence-corrected chi connectivity index (χ1v) is 4.35. The third-order valence-electron chi connectivity index (χ3n) is 2.53. The monoisotopic (exact) mass is 199 g/mol. The highest BCUT2D eigenvalue weighted by Crippen LogP contribution is 2.32. The Morgan fingerprint density at radius 3 is 2.85 bits per heavy atom. The Bertz CT molecular complexity index is 301. The number of rotatable bonds is 0. The van der Waals surface area contributed by atoms with Crippen LogP contribution in [0.5, 0.6) is 5.75 Å². The summed E-state index contributed by atoms with van der Waals surface area (Å²) in [4.78, 5) is 0. The van der Waals surface area contributed by atoms with E-state index < -0.39 is 0 Å². The number of nitrogens with two attached hydrogens (primary N) is 1. The molecule has 2 rings (SSSR count). The van der Waals surface area contributed by atoms with Gasteiger partial charge in [0.1, 0.15) is 5.75 Å². The van der Waals surface area contributed by atoms with Crippen LogP contribution in [-0.2, 0) is 6.42 Å². The van der Waals surface area contributed by atoms with E-state index in [2.05, 4.69) is 0 Å². The highest BCUT2D eigenvalue weighted by atomic mass is 35.5. The van der Waals surface area contributed by atoms with Gasteiger partial charge in [0.05, 0.1) is 0 Å². The van der Waals surface area contributed by atoms with Crippen molar-refractivity contribution in [3.8, 4) is 5.75 Å². The SMILES string of the molecule is Cl.N[C@H]1CCCc2c(O)cccc21. The van der Waals surface area contributed by atoms with Gasteiger partial charge in [-0.05, 0) is 36.5 Å². The molecular formula is C10H14ClNO. The number of fused-ring (bicyclic) bond motifs is 1. The van der Waals surface area contributed by atoms with Crippen molar-refractivity contribution in [2.24, 2.45) is 5.73 Å². The largest absolute Gasteiger partial charge is 0.508 e. The lowest BCUT2D eigenvalue weighted by Gasteiger charge is -2.22. The third kappa shape index (κ3) is 1.79. The summed E-state index contributed by atoms with van der Waals surface area (Å²) >= 11 is 0. The second-order valence-electron chi connectivity index (χ2n) is 3.34. The quantitative estimate of drug-likeness (QED) is 0.673. The van der Waals surface area contributed by atoms with E-state index in [0.717, 1.165) is 30.4 Å². The number of hydrogen-bond acceptors (Lipinski definition) is 2. The first-order valence-electron chi connectivity index (χ1n) is 4.35. The Labute approximate surface area is 84.2 Å². The van der Waals surface area contributed by atoms with Gasteiger partial charge < -0.3 is 10.8 Å². The molecule has 0 unspecified atom stereocenters. The van der Waals surface area contributed by atoms with Gasteiger partial charge in [-0.2, -0.15) is 0 Å². The molecule has 1 atom stereocenters. The van der Waals surface area contributed by atoms with Crippen LogP contribution >= 0.6 is 12.4 Å². The van der Waals surface area contributed by atoms with E-state index in [1.54, 1.807) is 6.07 Å². The number of phenols is 1. The molecular weight excluding hydrogens is 186 g/mol. The van der Waals surface area contributed by atoms with Crippen molar-refractivity contribution in [1.82, 2.24) is 0 Å². The molecule has 0 fully saturated rings. The van der Waals surface area contributed by atoms with Crippen LogP contribution in [0, 0.1) is 0 Å². The first-order chi connectivity index (χ1) is 5.79. The maximum atomic E-state index is 9.52. The van der Waals surface area contributed by atoms with Gasteiger partial charge in [-0.25, -0.2) is 0 Å². The predicted octanol–water partition coefficient (Wildman–Crippen LogP) is 2.15. The Hall–Kier alpha value is -0.730. The van der Waals surface area contributed by atoms with E-state index in [-0.39, 0.29) is 18.4 Å². The summed E-state index contributed by atoms with van der Waals surface area (Å²) in [6.45, 7) is 0. The first kappa shape index (κ1) is 10.4. The molecule has 0 radical (unpaired) electrons. The molecule has 1 aliphatic rings. The van der Waals surface area contributed by atoms with Crippen molar-refractivity contribution in [2.45, 2.75) is 25.3 Å². The van der Waals surface area contributed by atoms with Gasteiger partial charge in [0.2, 0.25) is 0 Å². The van der Waals surface area contributed by atoms with Crippen LogP contribution < -0.4 is 5.73 Å². The summed E-state index contributed by atoms with van der Waals surface area (Å²) in [5.74, 6) is 0.405. The normalized spacial score (nSPS) is 20.2. The summed E-state index contributed by atoms with van der Waals surface area (Å²) in [6, 6.07) is 5.73. The minimum absolute atomic E-state index is 0. The molecule has 72 valence electrons. The highest BCUT2D eigenvalue weighted by Gasteiger charge is 2.18. The lowest BCUT2D eigenvalue weighted by atomic mass is 9.88. The Morgan fingerprint density at radius 1 is 1.38 bits per heavy atom. The van der Waals surface area contributed by atoms with Crippen LogP contribution in [-0.4, -0.2) is 5.11 Å². The van der Waals surface area contributed by atoms with E-state index >= 15 is 0 Å². The van der Waals surface area contributed by atoms with Crippen molar-refractivity contribution in [3.63, 3.8) is 0 Å². The van der Waals surface area contributed by atoms with Gasteiger partial charge in [-0.15, -0.1) is 12.4 Å². The van der Waals surface area contributed by atoms with E-state index in [1.165, 1.54) is 0 Å². The summed E-state index contributed by atoms with van der Waals surface area (Å²) in [7, 11) is 0. The second kappa shape index (κ2) is 3.99. The van der Waals surface area contributed by atoms with Gasteiger partial charge >= 0.3 is 0 Å². The van der Waals surface area contributed by atoms with Crippen molar-refractivity contribution >= 4 is 12.4 Å². The topological polar surface area (TPSA) is 46.2 Å². The minimum atomic E-state index is 0. The lowest BCUT2D eigenvalue weighted by molar-refractivity contribution is 0.455. The molecule has 0 bridgehead atoms. The van der Waals surface area contributed by atoms with E-state index in [1.807, 2.05) is 12.1 Å². The van der Waals surface area contributed by atoms with Gasteiger partial charge in [0.15, 0.2) is 0 Å². The Morgan fingerprint density at radius 2 is 2.15 bits per heavy atom. The number of benzene rings is 1. The van der Waals surface area contributed by atoms with Crippen LogP contribution in [0.3, 0.4) is 0 Å². The molecule has 0 saturated carbocycles. The number of aromatic hydroxyl groups is 1. The molecule has 1 aromatic carbocycles. The van der Waals surface area contributed by atoms with E-state index in [0.29, 0.717) is 5.75 Å². The van der Waals surface area contributed by atoms with Crippen molar-refractivity contribution in [1.29, 1.82) is 0 Å². The molecule has 1 aliphatic carbocycles. The van der Waals surface area contributed by atoms with Gasteiger partial charge in [0.25, 0.3) is 0 Å². The number of hydrogen-bond donors (Lipinski definition) is 2. The summed E-state index contributed by atoms with van der Waals surface area (Å²) in [5, 5.41) is 9.52. The zero-order chi connectivity index (χ0) is 8.55. The van der Waals surface area contributed by atoms with Crippen molar-refractivity contribution in [3.05, 3.63) is 29.3 Å². The van der Waals surface area contributed by atoms with Crippen LogP contribution in [0.4, 0.5) is 0 Å². The summed E-state index contributed by atoms with van der Waals surface area (Å²) in [5.41, 5.74) is 8.08. The molecule has 3 heteroatoms. The fourth-order valence-corrected chi connectivity index (χ4v) is 1.87. The second-order valence-corrected chi connectivity index (χ2v) is 3.34. The fraction of sp³-hybridized carbons (Fsp3) is 0.400. The number of phenolic OH excluding ortho intramolecular Hbond substituents is 1. The molecule has 0 spiro atoms. The molecule has 1 aromatic rings. The standard InChI is InChI=1S/C10H13NO.ClH/c11-9-5-1-4-8-7(9)3-2-6-10(8)12;/h2-3,6,9,12H,1,4-5,11H2;1H/t9-;/m0./s1. The zero-order valence-corrected chi connectivity index (χ0v) is 8.18. The lowest BCUT2D eigenvalue weighted by Crippen LogP contribution is -2.17. The fourth-order valence-electron chi connectivity index (χ4n) is 1.87.